The Hall–Kier alpha value is -1.89. The van der Waals surface area contributed by atoms with Crippen LogP contribution in [0.2, 0.25) is 0 Å². The van der Waals surface area contributed by atoms with Crippen molar-refractivity contribution in [3.8, 4) is 0 Å². The number of anilines is 1. The largest absolute Gasteiger partial charge is 0.374 e. The highest BCUT2D eigenvalue weighted by Gasteiger charge is 2.21. The van der Waals surface area contributed by atoms with Gasteiger partial charge in [-0.05, 0) is 6.42 Å². The number of morpholine rings is 1. The van der Waals surface area contributed by atoms with Crippen molar-refractivity contribution < 1.29 is 9.53 Å². The van der Waals surface area contributed by atoms with E-state index in [2.05, 4.69) is 15.3 Å². The molecule has 1 fully saturated rings. The van der Waals surface area contributed by atoms with Gasteiger partial charge in [-0.25, -0.2) is 4.68 Å². The van der Waals surface area contributed by atoms with Crippen LogP contribution in [0, 0.1) is 5.92 Å². The standard InChI is InChI=1S/C15H24N4O3/c1-11(2)15(21)16-5-4-13-10-19(6-7-22-13)12-8-14(20)18(3)17-9-12/h8-9,11,13H,4-7,10H2,1-3H3,(H,16,21). The first-order chi connectivity index (χ1) is 10.5. The lowest BCUT2D eigenvalue weighted by Gasteiger charge is -2.34. The van der Waals surface area contributed by atoms with E-state index in [9.17, 15) is 9.59 Å². The molecule has 1 aromatic rings. The number of rotatable bonds is 5. The van der Waals surface area contributed by atoms with Crippen LogP contribution in [0.5, 0.6) is 0 Å². The van der Waals surface area contributed by atoms with E-state index in [0.717, 1.165) is 18.7 Å². The Bertz CT molecular complexity index is 570. The van der Waals surface area contributed by atoms with Crippen molar-refractivity contribution in [3.05, 3.63) is 22.6 Å². The van der Waals surface area contributed by atoms with Gasteiger partial charge < -0.3 is 15.0 Å². The first-order valence-corrected chi connectivity index (χ1v) is 7.65. The second-order valence-corrected chi connectivity index (χ2v) is 5.85. The molecule has 1 unspecified atom stereocenters. The van der Waals surface area contributed by atoms with Crippen molar-refractivity contribution in [3.63, 3.8) is 0 Å². The zero-order chi connectivity index (χ0) is 16.1. The summed E-state index contributed by atoms with van der Waals surface area (Å²) in [7, 11) is 1.63. The highest BCUT2D eigenvalue weighted by molar-refractivity contribution is 5.77. The number of hydrogen-bond donors (Lipinski definition) is 1. The Morgan fingerprint density at radius 2 is 2.32 bits per heavy atom. The quantitative estimate of drug-likeness (QED) is 0.838. The highest BCUT2D eigenvalue weighted by atomic mass is 16.5. The van der Waals surface area contributed by atoms with Crippen LogP contribution >= 0.6 is 0 Å². The molecular weight excluding hydrogens is 284 g/mol. The maximum absolute atomic E-state index is 11.7. The van der Waals surface area contributed by atoms with E-state index in [1.54, 1.807) is 19.3 Å². The summed E-state index contributed by atoms with van der Waals surface area (Å²) in [5.41, 5.74) is 0.701. The lowest BCUT2D eigenvalue weighted by atomic mass is 10.1. The minimum Gasteiger partial charge on any atom is -0.374 e. The summed E-state index contributed by atoms with van der Waals surface area (Å²) >= 11 is 0. The van der Waals surface area contributed by atoms with Gasteiger partial charge in [-0.1, -0.05) is 13.8 Å². The van der Waals surface area contributed by atoms with Gasteiger partial charge in [-0.3, -0.25) is 9.59 Å². The molecule has 22 heavy (non-hydrogen) atoms. The van der Waals surface area contributed by atoms with Gasteiger partial charge in [0.2, 0.25) is 5.91 Å². The van der Waals surface area contributed by atoms with Crippen LogP contribution in [0.3, 0.4) is 0 Å². The van der Waals surface area contributed by atoms with E-state index >= 15 is 0 Å². The van der Waals surface area contributed by atoms with Crippen LogP contribution in [-0.4, -0.2) is 48.0 Å². The van der Waals surface area contributed by atoms with E-state index in [0.29, 0.717) is 19.7 Å². The van der Waals surface area contributed by atoms with Crippen molar-refractivity contribution in [2.24, 2.45) is 13.0 Å². The van der Waals surface area contributed by atoms with E-state index in [1.807, 2.05) is 13.8 Å². The van der Waals surface area contributed by atoms with Gasteiger partial charge in [0.1, 0.15) is 0 Å². The van der Waals surface area contributed by atoms with Gasteiger partial charge in [0.05, 0.1) is 24.6 Å². The number of hydrogen-bond acceptors (Lipinski definition) is 5. The highest BCUT2D eigenvalue weighted by Crippen LogP contribution is 2.16. The fraction of sp³-hybridized carbons (Fsp3) is 0.667. The lowest BCUT2D eigenvalue weighted by molar-refractivity contribution is -0.124. The smallest absolute Gasteiger partial charge is 0.268 e. The predicted molar refractivity (Wildman–Crippen MR) is 83.9 cm³/mol. The average Bonchev–Trinajstić information content (AvgIpc) is 2.50. The monoisotopic (exact) mass is 308 g/mol. The number of carbonyl (C=O) groups excluding carboxylic acids is 1. The molecule has 1 aromatic heterocycles. The van der Waals surface area contributed by atoms with Gasteiger partial charge in [0.25, 0.3) is 5.56 Å². The summed E-state index contributed by atoms with van der Waals surface area (Å²) in [6.45, 7) is 6.40. The van der Waals surface area contributed by atoms with Crippen LogP contribution in [-0.2, 0) is 16.6 Å². The third-order valence-corrected chi connectivity index (χ3v) is 3.75. The molecular formula is C15H24N4O3. The molecule has 1 amide bonds. The van der Waals surface area contributed by atoms with Crippen molar-refractivity contribution >= 4 is 11.6 Å². The summed E-state index contributed by atoms with van der Waals surface area (Å²) in [5.74, 6) is 0.0544. The summed E-state index contributed by atoms with van der Waals surface area (Å²) in [4.78, 5) is 25.3. The van der Waals surface area contributed by atoms with Crippen LogP contribution in [0.1, 0.15) is 20.3 Å². The first-order valence-electron chi connectivity index (χ1n) is 7.65. The molecule has 1 aliphatic rings. The second-order valence-electron chi connectivity index (χ2n) is 5.85. The Labute approximate surface area is 130 Å². The molecule has 1 N–H and O–H groups in total. The number of ether oxygens (including phenoxy) is 1. The molecule has 0 spiro atoms. The fourth-order valence-electron chi connectivity index (χ4n) is 2.32. The minimum absolute atomic E-state index is 0.00428. The van der Waals surface area contributed by atoms with Crippen LogP contribution in [0.4, 0.5) is 5.69 Å². The molecule has 2 rings (SSSR count). The molecule has 1 atom stereocenters. The van der Waals surface area contributed by atoms with E-state index in [4.69, 9.17) is 4.74 Å². The molecule has 0 aliphatic carbocycles. The summed E-state index contributed by atoms with van der Waals surface area (Å²) < 4.78 is 7.04. The number of amides is 1. The van der Waals surface area contributed by atoms with Gasteiger partial charge in [-0.2, -0.15) is 5.10 Å². The van der Waals surface area contributed by atoms with Crippen molar-refractivity contribution in [1.82, 2.24) is 15.1 Å². The molecule has 122 valence electrons. The first kappa shape index (κ1) is 16.5. The summed E-state index contributed by atoms with van der Waals surface area (Å²) in [6.07, 6.45) is 2.50. The Kier molecular flexibility index (Phi) is 5.54. The maximum atomic E-state index is 11.7. The minimum atomic E-state index is -0.121. The molecule has 1 aliphatic heterocycles. The summed E-state index contributed by atoms with van der Waals surface area (Å²) in [6, 6.07) is 1.59. The molecule has 0 aromatic carbocycles. The van der Waals surface area contributed by atoms with Gasteiger partial charge in [-0.15, -0.1) is 0 Å². The number of nitrogens with zero attached hydrogens (tertiary/aromatic N) is 3. The Balaban J connectivity index is 1.87. The van der Waals surface area contributed by atoms with Gasteiger partial charge >= 0.3 is 0 Å². The van der Waals surface area contributed by atoms with E-state index in [1.165, 1.54) is 4.68 Å². The van der Waals surface area contributed by atoms with E-state index in [-0.39, 0.29) is 23.5 Å². The Morgan fingerprint density at radius 3 is 3.00 bits per heavy atom. The van der Waals surface area contributed by atoms with Gasteiger partial charge in [0, 0.05) is 38.7 Å². The topological polar surface area (TPSA) is 76.5 Å². The predicted octanol–water partition coefficient (Wildman–Crippen LogP) is 0.148. The third-order valence-electron chi connectivity index (χ3n) is 3.75. The van der Waals surface area contributed by atoms with E-state index < -0.39 is 0 Å². The van der Waals surface area contributed by atoms with Crippen LogP contribution < -0.4 is 15.8 Å². The van der Waals surface area contributed by atoms with Crippen LogP contribution in [0.15, 0.2) is 17.1 Å². The fourth-order valence-corrected chi connectivity index (χ4v) is 2.32. The molecule has 0 radical (unpaired) electrons. The van der Waals surface area contributed by atoms with Gasteiger partial charge in [0.15, 0.2) is 0 Å². The lowest BCUT2D eigenvalue weighted by Crippen LogP contribution is -2.44. The Morgan fingerprint density at radius 1 is 1.55 bits per heavy atom. The number of nitrogens with one attached hydrogen (secondary N) is 1. The van der Waals surface area contributed by atoms with Crippen molar-refractivity contribution in [1.29, 1.82) is 0 Å². The second kappa shape index (κ2) is 7.40. The molecule has 7 nitrogen and oxygen atoms in total. The van der Waals surface area contributed by atoms with Crippen molar-refractivity contribution in [2.75, 3.05) is 31.1 Å². The summed E-state index contributed by atoms with van der Waals surface area (Å²) in [5, 5.41) is 6.95. The molecule has 0 saturated carbocycles. The molecule has 2 heterocycles. The molecule has 7 heteroatoms. The number of aryl methyl sites for hydroxylation is 1. The molecule has 0 bridgehead atoms. The third kappa shape index (κ3) is 4.30. The van der Waals surface area contributed by atoms with Crippen molar-refractivity contribution in [2.45, 2.75) is 26.4 Å². The zero-order valence-electron chi connectivity index (χ0n) is 13.4. The molecule has 1 saturated heterocycles. The maximum Gasteiger partial charge on any atom is 0.268 e. The zero-order valence-corrected chi connectivity index (χ0v) is 13.4. The number of carbonyl (C=O) groups is 1. The number of aromatic nitrogens is 2. The SMILES string of the molecule is CC(C)C(=O)NCCC1CN(c2cnn(C)c(=O)c2)CCO1. The average molecular weight is 308 g/mol. The normalized spacial score (nSPS) is 18.5. The van der Waals surface area contributed by atoms with Crippen LogP contribution in [0.25, 0.3) is 0 Å².